The number of carbonyl (C=O) groups is 1. The van der Waals surface area contributed by atoms with E-state index in [4.69, 9.17) is 0 Å². The maximum Gasteiger partial charge on any atom is 0.319 e. The molecule has 2 amide bonds. The second-order valence-corrected chi connectivity index (χ2v) is 12.2. The van der Waals surface area contributed by atoms with Crippen molar-refractivity contribution in [2.24, 2.45) is 7.05 Å². The number of amides is 2. The molecule has 2 aromatic carbocycles. The lowest BCUT2D eigenvalue weighted by Gasteiger charge is -2.30. The number of aryl methyl sites for hydroxylation is 1. The summed E-state index contributed by atoms with van der Waals surface area (Å²) in [6, 6.07) is 15.0. The minimum Gasteiger partial charge on any atom is -0.350 e. The number of carbonyl (C=O) groups excluding carboxylic acids is 1. The normalized spacial score (nSPS) is 16.1. The van der Waals surface area contributed by atoms with Crippen LogP contribution in [0.3, 0.4) is 0 Å². The number of rotatable bonds is 4. The van der Waals surface area contributed by atoms with Gasteiger partial charge in [-0.25, -0.2) is 4.79 Å². The first kappa shape index (κ1) is 24.4. The molecule has 4 nitrogen and oxygen atoms in total. The molecule has 1 aliphatic rings. The number of nitrogens with one attached hydrogen (secondary N) is 2. The molecule has 2 N–H and O–H groups in total. The van der Waals surface area contributed by atoms with Gasteiger partial charge in [0.1, 0.15) is 0 Å². The van der Waals surface area contributed by atoms with Crippen molar-refractivity contribution in [1.82, 2.24) is 9.88 Å². The Morgan fingerprint density at radius 3 is 2.29 bits per heavy atom. The molecule has 4 rings (SSSR count). The Bertz CT molecular complexity index is 1180. The van der Waals surface area contributed by atoms with E-state index in [2.05, 4.69) is 112 Å². The molecule has 0 saturated heterocycles. The molecule has 1 aliphatic carbocycles. The van der Waals surface area contributed by atoms with Crippen LogP contribution in [0.4, 0.5) is 10.5 Å². The van der Waals surface area contributed by atoms with Crippen molar-refractivity contribution >= 4 is 22.6 Å². The number of urea groups is 1. The molecule has 0 radical (unpaired) electrons. The van der Waals surface area contributed by atoms with Crippen LogP contribution in [-0.2, 0) is 23.3 Å². The van der Waals surface area contributed by atoms with Crippen LogP contribution in [0.5, 0.6) is 0 Å². The van der Waals surface area contributed by atoms with E-state index in [1.807, 2.05) is 0 Å². The summed E-state index contributed by atoms with van der Waals surface area (Å²) in [5.41, 5.74) is 5.84. The fourth-order valence-electron chi connectivity index (χ4n) is 5.54. The number of anilines is 1. The zero-order valence-electron chi connectivity index (χ0n) is 22.0. The second kappa shape index (κ2) is 8.79. The zero-order valence-corrected chi connectivity index (χ0v) is 22.0. The van der Waals surface area contributed by atoms with Crippen molar-refractivity contribution in [1.29, 1.82) is 0 Å². The van der Waals surface area contributed by atoms with Crippen LogP contribution >= 0.6 is 0 Å². The highest BCUT2D eigenvalue weighted by Gasteiger charge is 2.38. The van der Waals surface area contributed by atoms with Crippen LogP contribution in [0.1, 0.15) is 83.9 Å². The molecule has 3 aromatic rings. The van der Waals surface area contributed by atoms with E-state index in [-0.39, 0.29) is 22.3 Å². The zero-order chi connectivity index (χ0) is 24.7. The van der Waals surface area contributed by atoms with Gasteiger partial charge < -0.3 is 15.2 Å². The quantitative estimate of drug-likeness (QED) is 0.419. The van der Waals surface area contributed by atoms with Gasteiger partial charge in [-0.1, -0.05) is 84.7 Å². The lowest BCUT2D eigenvalue weighted by molar-refractivity contribution is 0.248. The van der Waals surface area contributed by atoms with Gasteiger partial charge in [-0.2, -0.15) is 0 Å². The Balaban J connectivity index is 1.58. The first-order valence-electron chi connectivity index (χ1n) is 12.7. The van der Waals surface area contributed by atoms with Gasteiger partial charge >= 0.3 is 6.03 Å². The minimum atomic E-state index is -0.122. The average molecular weight is 460 g/mol. The Labute approximate surface area is 205 Å². The smallest absolute Gasteiger partial charge is 0.319 e. The van der Waals surface area contributed by atoms with E-state index in [9.17, 15) is 4.79 Å². The third-order valence-corrected chi connectivity index (χ3v) is 7.56. The Hall–Kier alpha value is -2.75. The summed E-state index contributed by atoms with van der Waals surface area (Å²) >= 11 is 0. The van der Waals surface area contributed by atoms with E-state index in [0.29, 0.717) is 6.54 Å². The highest BCUT2D eigenvalue weighted by molar-refractivity contribution is 5.91. The molecule has 4 heteroatoms. The third-order valence-electron chi connectivity index (χ3n) is 7.56. The van der Waals surface area contributed by atoms with Crippen molar-refractivity contribution in [2.45, 2.75) is 83.5 Å². The minimum absolute atomic E-state index is 0.0156. The molecule has 1 saturated carbocycles. The fraction of sp³-hybridized carbons (Fsp3) is 0.500. The van der Waals surface area contributed by atoms with E-state index in [1.165, 1.54) is 34.9 Å². The number of aromatic nitrogens is 1. The van der Waals surface area contributed by atoms with Crippen molar-refractivity contribution in [3.05, 3.63) is 65.4 Å². The number of hydrogen-bond acceptors (Lipinski definition) is 1. The van der Waals surface area contributed by atoms with E-state index < -0.39 is 0 Å². The second-order valence-electron chi connectivity index (χ2n) is 12.2. The van der Waals surface area contributed by atoms with Crippen LogP contribution < -0.4 is 10.6 Å². The maximum atomic E-state index is 13.2. The van der Waals surface area contributed by atoms with E-state index >= 15 is 0 Å². The van der Waals surface area contributed by atoms with Gasteiger partial charge in [-0.15, -0.1) is 0 Å². The summed E-state index contributed by atoms with van der Waals surface area (Å²) in [5.74, 6) is 0. The summed E-state index contributed by atoms with van der Waals surface area (Å²) in [5, 5.41) is 7.78. The molecule has 182 valence electrons. The van der Waals surface area contributed by atoms with Gasteiger partial charge in [-0.05, 0) is 52.5 Å². The van der Waals surface area contributed by atoms with Gasteiger partial charge in [0.25, 0.3) is 0 Å². The number of para-hydroxylation sites is 1. The van der Waals surface area contributed by atoms with Gasteiger partial charge in [0.2, 0.25) is 0 Å². The average Bonchev–Trinajstić information content (AvgIpc) is 3.37. The molecule has 0 unspecified atom stereocenters. The molecule has 0 aliphatic heterocycles. The van der Waals surface area contributed by atoms with Gasteiger partial charge in [0.05, 0.1) is 0 Å². The number of hydrogen-bond donors (Lipinski definition) is 2. The molecular formula is C30H41N3O. The van der Waals surface area contributed by atoms with E-state index in [1.54, 1.807) is 0 Å². The SMILES string of the molecule is Cn1cc(C2(CNC(=O)Nc3cc(C(C)(C)C)ccc3C(C)(C)C)CCCC2)c2ccccc21. The lowest BCUT2D eigenvalue weighted by atomic mass is 9.78. The number of benzene rings is 2. The van der Waals surface area contributed by atoms with Gasteiger partial charge in [0, 0.05) is 41.8 Å². The Morgan fingerprint density at radius 2 is 1.65 bits per heavy atom. The summed E-state index contributed by atoms with van der Waals surface area (Å²) in [6.45, 7) is 13.8. The molecule has 0 bridgehead atoms. The lowest BCUT2D eigenvalue weighted by Crippen LogP contribution is -2.41. The summed E-state index contributed by atoms with van der Waals surface area (Å²) < 4.78 is 2.22. The van der Waals surface area contributed by atoms with Crippen LogP contribution in [0.2, 0.25) is 0 Å². The predicted molar refractivity (Wildman–Crippen MR) is 144 cm³/mol. The van der Waals surface area contributed by atoms with Gasteiger partial charge in [0.15, 0.2) is 0 Å². The highest BCUT2D eigenvalue weighted by atomic mass is 16.2. The van der Waals surface area contributed by atoms with Crippen LogP contribution in [0.25, 0.3) is 10.9 Å². The first-order chi connectivity index (χ1) is 15.9. The molecular weight excluding hydrogens is 418 g/mol. The molecule has 1 aromatic heterocycles. The van der Waals surface area contributed by atoms with Crippen LogP contribution in [-0.4, -0.2) is 17.1 Å². The van der Waals surface area contributed by atoms with Crippen molar-refractivity contribution in [2.75, 3.05) is 11.9 Å². The molecule has 0 atom stereocenters. The summed E-state index contributed by atoms with van der Waals surface area (Å²) in [6.07, 6.45) is 6.89. The fourth-order valence-corrected chi connectivity index (χ4v) is 5.54. The molecule has 0 spiro atoms. The van der Waals surface area contributed by atoms with E-state index in [0.717, 1.165) is 24.1 Å². The van der Waals surface area contributed by atoms with Crippen LogP contribution in [0, 0.1) is 0 Å². The number of nitrogens with zero attached hydrogens (tertiary/aromatic N) is 1. The van der Waals surface area contributed by atoms with Crippen molar-refractivity contribution in [3.63, 3.8) is 0 Å². The number of fused-ring (bicyclic) bond motifs is 1. The standard InChI is InChI=1S/C30H41N3O/c1-28(2,3)21-14-15-23(29(4,5)6)25(18-21)32-27(34)31-20-30(16-10-11-17-30)24-19-33(7)26-13-9-8-12-22(24)26/h8-9,12-15,18-19H,10-11,16-17,20H2,1-7H3,(H2,31,32,34). The summed E-state index contributed by atoms with van der Waals surface area (Å²) in [7, 11) is 2.12. The molecule has 34 heavy (non-hydrogen) atoms. The van der Waals surface area contributed by atoms with Gasteiger partial charge in [-0.3, -0.25) is 0 Å². The van der Waals surface area contributed by atoms with Crippen molar-refractivity contribution in [3.8, 4) is 0 Å². The Morgan fingerprint density at radius 1 is 0.971 bits per heavy atom. The largest absolute Gasteiger partial charge is 0.350 e. The summed E-state index contributed by atoms with van der Waals surface area (Å²) in [4.78, 5) is 13.2. The molecule has 1 fully saturated rings. The Kier molecular flexibility index (Phi) is 6.30. The topological polar surface area (TPSA) is 46.1 Å². The maximum absolute atomic E-state index is 13.2. The first-order valence-corrected chi connectivity index (χ1v) is 12.7. The van der Waals surface area contributed by atoms with Crippen LogP contribution in [0.15, 0.2) is 48.7 Å². The monoisotopic (exact) mass is 459 g/mol. The van der Waals surface area contributed by atoms with Crippen molar-refractivity contribution < 1.29 is 4.79 Å². The third kappa shape index (κ3) is 4.73. The molecule has 1 heterocycles. The highest BCUT2D eigenvalue weighted by Crippen LogP contribution is 2.44. The predicted octanol–water partition coefficient (Wildman–Crippen LogP) is 7.41.